The summed E-state index contributed by atoms with van der Waals surface area (Å²) in [4.78, 5) is 35.4. The van der Waals surface area contributed by atoms with Crippen molar-refractivity contribution in [3.05, 3.63) is 24.3 Å². The standard InChI is InChI=1S/C17H24N2O6/c1-13(20)24-9-7-19(8-10-25-14(2)21)16-6-4-5-15(11-16)18-17(22)12-23-3/h4-6,11H,7-10,12H2,1-3H3,(H,18,22). The SMILES string of the molecule is COCC(=O)Nc1cccc(N(CCOC(C)=O)CCOC(C)=O)c1. The second kappa shape index (κ2) is 11.0. The zero-order valence-corrected chi connectivity index (χ0v) is 14.7. The van der Waals surface area contributed by atoms with Crippen LogP contribution in [0.4, 0.5) is 11.4 Å². The number of carbonyl (C=O) groups is 3. The third-order valence-corrected chi connectivity index (χ3v) is 3.10. The molecule has 8 nitrogen and oxygen atoms in total. The van der Waals surface area contributed by atoms with Crippen LogP contribution < -0.4 is 10.2 Å². The van der Waals surface area contributed by atoms with Crippen LogP contribution in [0.3, 0.4) is 0 Å². The molecule has 0 aliphatic rings. The van der Waals surface area contributed by atoms with E-state index in [0.717, 1.165) is 5.69 Å². The van der Waals surface area contributed by atoms with Gasteiger partial charge in [0.1, 0.15) is 19.8 Å². The molecule has 8 heteroatoms. The lowest BCUT2D eigenvalue weighted by atomic mass is 10.2. The van der Waals surface area contributed by atoms with Gasteiger partial charge in [0.15, 0.2) is 0 Å². The van der Waals surface area contributed by atoms with Crippen molar-refractivity contribution in [1.82, 2.24) is 0 Å². The Bertz CT molecular complexity index is 570. The molecule has 25 heavy (non-hydrogen) atoms. The van der Waals surface area contributed by atoms with Crippen LogP contribution in [0, 0.1) is 0 Å². The number of nitrogens with zero attached hydrogens (tertiary/aromatic N) is 1. The summed E-state index contributed by atoms with van der Waals surface area (Å²) >= 11 is 0. The molecule has 1 N–H and O–H groups in total. The first kappa shape index (κ1) is 20.4. The van der Waals surface area contributed by atoms with Gasteiger partial charge in [-0.2, -0.15) is 0 Å². The number of rotatable bonds is 10. The molecule has 1 amide bonds. The molecule has 0 spiro atoms. The van der Waals surface area contributed by atoms with Gasteiger partial charge in [-0.15, -0.1) is 0 Å². The molecule has 0 bridgehead atoms. The zero-order chi connectivity index (χ0) is 18.7. The van der Waals surface area contributed by atoms with Crippen LogP contribution in [0.15, 0.2) is 24.3 Å². The molecule has 0 atom stereocenters. The Morgan fingerprint density at radius 3 is 2.16 bits per heavy atom. The van der Waals surface area contributed by atoms with Gasteiger partial charge in [0.2, 0.25) is 5.91 Å². The average Bonchev–Trinajstić information content (AvgIpc) is 2.53. The Morgan fingerprint density at radius 2 is 1.64 bits per heavy atom. The molecule has 0 fully saturated rings. The summed E-state index contributed by atoms with van der Waals surface area (Å²) in [6, 6.07) is 7.19. The molecule has 138 valence electrons. The van der Waals surface area contributed by atoms with E-state index < -0.39 is 0 Å². The van der Waals surface area contributed by atoms with E-state index in [1.807, 2.05) is 11.0 Å². The number of carbonyl (C=O) groups excluding carboxylic acids is 3. The van der Waals surface area contributed by atoms with Crippen molar-refractivity contribution in [3.8, 4) is 0 Å². The minimum atomic E-state index is -0.361. The summed E-state index contributed by atoms with van der Waals surface area (Å²) in [6.45, 7) is 3.91. The number of esters is 2. The van der Waals surface area contributed by atoms with E-state index in [1.54, 1.807) is 18.2 Å². The van der Waals surface area contributed by atoms with Crippen LogP contribution in [0.5, 0.6) is 0 Å². The summed E-state index contributed by atoms with van der Waals surface area (Å²) in [5.74, 6) is -0.980. The molecule has 0 aliphatic carbocycles. The van der Waals surface area contributed by atoms with Crippen LogP contribution in [0.25, 0.3) is 0 Å². The number of amides is 1. The molecule has 0 aromatic heterocycles. The smallest absolute Gasteiger partial charge is 0.302 e. The quantitative estimate of drug-likeness (QED) is 0.632. The van der Waals surface area contributed by atoms with Gasteiger partial charge in [-0.05, 0) is 18.2 Å². The first-order valence-corrected chi connectivity index (χ1v) is 7.83. The Balaban J connectivity index is 2.78. The van der Waals surface area contributed by atoms with Crippen LogP contribution in [-0.2, 0) is 28.6 Å². The first-order valence-electron chi connectivity index (χ1n) is 7.83. The molecule has 0 aliphatic heterocycles. The van der Waals surface area contributed by atoms with Crippen LogP contribution in [0.2, 0.25) is 0 Å². The lowest BCUT2D eigenvalue weighted by molar-refractivity contribution is -0.141. The predicted molar refractivity (Wildman–Crippen MR) is 92.4 cm³/mol. The van der Waals surface area contributed by atoms with Gasteiger partial charge in [-0.1, -0.05) is 6.07 Å². The molecule has 1 rings (SSSR count). The lowest BCUT2D eigenvalue weighted by Crippen LogP contribution is -2.32. The molecule has 0 unspecified atom stereocenters. The number of methoxy groups -OCH3 is 1. The molecule has 0 saturated carbocycles. The highest BCUT2D eigenvalue weighted by molar-refractivity contribution is 5.92. The van der Waals surface area contributed by atoms with Crippen molar-refractivity contribution in [2.45, 2.75) is 13.8 Å². The minimum Gasteiger partial charge on any atom is -0.464 e. The van der Waals surface area contributed by atoms with Crippen LogP contribution >= 0.6 is 0 Å². The molecule has 1 aromatic carbocycles. The minimum absolute atomic E-state index is 0.0349. The highest BCUT2D eigenvalue weighted by Gasteiger charge is 2.10. The van der Waals surface area contributed by atoms with Gasteiger partial charge in [-0.25, -0.2) is 0 Å². The van der Waals surface area contributed by atoms with E-state index in [4.69, 9.17) is 14.2 Å². The molecule has 0 heterocycles. The van der Waals surface area contributed by atoms with E-state index in [2.05, 4.69) is 5.32 Å². The normalized spacial score (nSPS) is 10.0. The van der Waals surface area contributed by atoms with Crippen molar-refractivity contribution >= 4 is 29.2 Å². The van der Waals surface area contributed by atoms with Gasteiger partial charge >= 0.3 is 11.9 Å². The van der Waals surface area contributed by atoms with Crippen LogP contribution in [0.1, 0.15) is 13.8 Å². The van der Waals surface area contributed by atoms with Crippen molar-refractivity contribution < 1.29 is 28.6 Å². The predicted octanol–water partition coefficient (Wildman–Crippen LogP) is 1.20. The fourth-order valence-electron chi connectivity index (χ4n) is 2.08. The second-order valence-electron chi connectivity index (χ2n) is 5.20. The maximum absolute atomic E-state index is 11.6. The van der Waals surface area contributed by atoms with Gasteiger partial charge in [0.05, 0.1) is 13.1 Å². The summed E-state index contributed by atoms with van der Waals surface area (Å²) in [6.07, 6.45) is 0. The molecule has 0 radical (unpaired) electrons. The topological polar surface area (TPSA) is 94.2 Å². The van der Waals surface area contributed by atoms with Crippen LogP contribution in [-0.4, -0.2) is 57.9 Å². The molecular formula is C17H24N2O6. The number of hydrogen-bond donors (Lipinski definition) is 1. The number of nitrogens with one attached hydrogen (secondary N) is 1. The Labute approximate surface area is 147 Å². The third kappa shape index (κ3) is 8.71. The van der Waals surface area contributed by atoms with E-state index in [9.17, 15) is 14.4 Å². The molecular weight excluding hydrogens is 328 g/mol. The summed E-state index contributed by atoms with van der Waals surface area (Å²) in [7, 11) is 1.45. The Hall–Kier alpha value is -2.61. The van der Waals surface area contributed by atoms with Gasteiger partial charge in [0.25, 0.3) is 0 Å². The number of hydrogen-bond acceptors (Lipinski definition) is 7. The molecule has 0 saturated heterocycles. The summed E-state index contributed by atoms with van der Waals surface area (Å²) in [5, 5.41) is 2.73. The lowest BCUT2D eigenvalue weighted by Gasteiger charge is -2.25. The van der Waals surface area contributed by atoms with Gasteiger partial charge in [-0.3, -0.25) is 14.4 Å². The zero-order valence-electron chi connectivity index (χ0n) is 14.7. The number of ether oxygens (including phenoxy) is 3. The van der Waals surface area contributed by atoms with E-state index in [-0.39, 0.29) is 37.7 Å². The fourth-order valence-corrected chi connectivity index (χ4v) is 2.08. The number of anilines is 2. The Morgan fingerprint density at radius 1 is 1.04 bits per heavy atom. The third-order valence-electron chi connectivity index (χ3n) is 3.10. The average molecular weight is 352 g/mol. The van der Waals surface area contributed by atoms with Crippen molar-refractivity contribution in [2.75, 3.05) is 50.2 Å². The molecule has 1 aromatic rings. The maximum atomic E-state index is 11.6. The maximum Gasteiger partial charge on any atom is 0.302 e. The first-order chi connectivity index (χ1) is 11.9. The van der Waals surface area contributed by atoms with E-state index in [0.29, 0.717) is 18.8 Å². The van der Waals surface area contributed by atoms with Crippen molar-refractivity contribution in [1.29, 1.82) is 0 Å². The van der Waals surface area contributed by atoms with E-state index in [1.165, 1.54) is 21.0 Å². The Kier molecular flexibility index (Phi) is 9.02. The largest absolute Gasteiger partial charge is 0.464 e. The number of benzene rings is 1. The highest BCUT2D eigenvalue weighted by atomic mass is 16.5. The van der Waals surface area contributed by atoms with E-state index >= 15 is 0 Å². The highest BCUT2D eigenvalue weighted by Crippen LogP contribution is 2.19. The fraction of sp³-hybridized carbons (Fsp3) is 0.471. The van der Waals surface area contributed by atoms with Gasteiger partial charge in [0, 0.05) is 32.3 Å². The monoisotopic (exact) mass is 352 g/mol. The summed E-state index contributed by atoms with van der Waals surface area (Å²) < 4.78 is 14.7. The summed E-state index contributed by atoms with van der Waals surface area (Å²) in [5.41, 5.74) is 1.42. The van der Waals surface area contributed by atoms with Gasteiger partial charge < -0.3 is 24.4 Å². The second-order valence-corrected chi connectivity index (χ2v) is 5.20. The van der Waals surface area contributed by atoms with Crippen molar-refractivity contribution in [2.24, 2.45) is 0 Å². The van der Waals surface area contributed by atoms with Crippen molar-refractivity contribution in [3.63, 3.8) is 0 Å².